The van der Waals surface area contributed by atoms with E-state index in [-0.39, 0.29) is 18.0 Å². The molecule has 0 bridgehead atoms. The van der Waals surface area contributed by atoms with Crippen molar-refractivity contribution in [1.82, 2.24) is 10.2 Å². The molecule has 19 heavy (non-hydrogen) atoms. The highest BCUT2D eigenvalue weighted by Crippen LogP contribution is 2.10. The number of nitrogens with zero attached hydrogens (tertiary/aromatic N) is 1. The Balaban J connectivity index is 4.81. The fourth-order valence-electron chi connectivity index (χ4n) is 1.82. The summed E-state index contributed by atoms with van der Waals surface area (Å²) >= 11 is 0. The molecule has 0 heterocycles. The molecule has 2 atom stereocenters. The van der Waals surface area contributed by atoms with Crippen LogP contribution in [0.3, 0.4) is 0 Å². The number of hydrogen-bond donors (Lipinski definition) is 2. The predicted octanol–water partition coefficient (Wildman–Crippen LogP) is 2.56. The molecule has 5 heteroatoms. The van der Waals surface area contributed by atoms with E-state index in [9.17, 15) is 14.7 Å². The van der Waals surface area contributed by atoms with E-state index >= 15 is 0 Å². The number of carbonyl (C=O) groups excluding carboxylic acids is 1. The lowest BCUT2D eigenvalue weighted by Gasteiger charge is -2.31. The molecule has 0 aromatic rings. The predicted molar refractivity (Wildman–Crippen MR) is 76.1 cm³/mol. The number of carbonyl (C=O) groups is 2. The van der Waals surface area contributed by atoms with Gasteiger partial charge in [0.2, 0.25) is 0 Å². The number of aliphatic carboxylic acids is 1. The van der Waals surface area contributed by atoms with Crippen LogP contribution in [0.2, 0.25) is 0 Å². The van der Waals surface area contributed by atoms with Crippen LogP contribution in [0.25, 0.3) is 0 Å². The van der Waals surface area contributed by atoms with Gasteiger partial charge in [-0.2, -0.15) is 0 Å². The van der Waals surface area contributed by atoms with Gasteiger partial charge in [0, 0.05) is 12.6 Å². The van der Waals surface area contributed by atoms with Crippen LogP contribution in [0.1, 0.15) is 48.0 Å². The van der Waals surface area contributed by atoms with Crippen LogP contribution < -0.4 is 5.32 Å². The van der Waals surface area contributed by atoms with Crippen molar-refractivity contribution in [2.75, 3.05) is 6.54 Å². The second-order valence-electron chi connectivity index (χ2n) is 5.79. The normalized spacial score (nSPS) is 14.3. The first kappa shape index (κ1) is 17.7. The summed E-state index contributed by atoms with van der Waals surface area (Å²) < 4.78 is 0. The molecule has 0 saturated heterocycles. The van der Waals surface area contributed by atoms with Gasteiger partial charge in [0.05, 0.1) is 0 Å². The Kier molecular flexibility index (Phi) is 7.49. The topological polar surface area (TPSA) is 69.6 Å². The number of amides is 2. The molecule has 0 aromatic carbocycles. The van der Waals surface area contributed by atoms with Crippen LogP contribution in [0, 0.1) is 11.8 Å². The summed E-state index contributed by atoms with van der Waals surface area (Å²) in [5.74, 6) is -0.717. The van der Waals surface area contributed by atoms with Crippen LogP contribution in [0.15, 0.2) is 0 Å². The van der Waals surface area contributed by atoms with E-state index in [4.69, 9.17) is 0 Å². The Labute approximate surface area is 116 Å². The molecule has 0 fully saturated rings. The molecule has 0 aliphatic carbocycles. The Morgan fingerprint density at radius 3 is 2.00 bits per heavy atom. The lowest BCUT2D eigenvalue weighted by molar-refractivity contribution is -0.140. The summed E-state index contributed by atoms with van der Waals surface area (Å²) in [6.45, 7) is 12.3. The summed E-state index contributed by atoms with van der Waals surface area (Å²) in [5, 5.41) is 11.8. The Bertz CT molecular complexity index is 303. The second-order valence-corrected chi connectivity index (χ2v) is 5.79. The van der Waals surface area contributed by atoms with Gasteiger partial charge in [-0.3, -0.25) is 0 Å². The van der Waals surface area contributed by atoms with Gasteiger partial charge in [-0.15, -0.1) is 0 Å². The number of rotatable bonds is 7. The second kappa shape index (κ2) is 8.02. The van der Waals surface area contributed by atoms with Crippen molar-refractivity contribution in [3.8, 4) is 0 Å². The molecular weight excluding hydrogens is 244 g/mol. The molecule has 0 spiro atoms. The molecule has 0 aromatic heterocycles. The summed E-state index contributed by atoms with van der Waals surface area (Å²) in [6, 6.07) is -1.07. The van der Waals surface area contributed by atoms with E-state index < -0.39 is 12.0 Å². The fraction of sp³-hybridized carbons (Fsp3) is 0.857. The third-order valence-electron chi connectivity index (χ3n) is 3.20. The zero-order valence-electron chi connectivity index (χ0n) is 12.9. The van der Waals surface area contributed by atoms with Gasteiger partial charge in [-0.25, -0.2) is 9.59 Å². The number of carboxylic acid groups (broad SMARTS) is 1. The molecule has 0 radical (unpaired) electrons. The molecule has 5 nitrogen and oxygen atoms in total. The summed E-state index contributed by atoms with van der Waals surface area (Å²) in [6.07, 6.45) is 0.711. The number of carboxylic acids is 1. The molecule has 0 saturated carbocycles. The van der Waals surface area contributed by atoms with E-state index in [0.717, 1.165) is 0 Å². The van der Waals surface area contributed by atoms with Gasteiger partial charge >= 0.3 is 12.0 Å². The van der Waals surface area contributed by atoms with Crippen molar-refractivity contribution in [2.24, 2.45) is 11.8 Å². The van der Waals surface area contributed by atoms with Gasteiger partial charge in [0.25, 0.3) is 0 Å². The van der Waals surface area contributed by atoms with Crippen LogP contribution in [0.4, 0.5) is 4.79 Å². The lowest BCUT2D eigenvalue weighted by atomic mass is 9.99. The molecule has 0 aliphatic rings. The fourth-order valence-corrected chi connectivity index (χ4v) is 1.82. The number of urea groups is 1. The largest absolute Gasteiger partial charge is 0.480 e. The van der Waals surface area contributed by atoms with Crippen molar-refractivity contribution in [1.29, 1.82) is 0 Å². The third kappa shape index (κ3) is 5.94. The zero-order chi connectivity index (χ0) is 15.2. The molecule has 0 aliphatic heterocycles. The lowest BCUT2D eigenvalue weighted by Crippen LogP contribution is -2.53. The molecule has 2 N–H and O–H groups in total. The van der Waals surface area contributed by atoms with Crippen molar-refractivity contribution in [2.45, 2.75) is 60.0 Å². The Hall–Kier alpha value is -1.26. The maximum Gasteiger partial charge on any atom is 0.326 e. The van der Waals surface area contributed by atoms with Crippen molar-refractivity contribution in [3.05, 3.63) is 0 Å². The third-order valence-corrected chi connectivity index (χ3v) is 3.20. The first-order valence-corrected chi connectivity index (χ1v) is 7.00. The van der Waals surface area contributed by atoms with Crippen molar-refractivity contribution < 1.29 is 14.7 Å². The molecule has 2 amide bonds. The van der Waals surface area contributed by atoms with E-state index in [0.29, 0.717) is 18.9 Å². The Morgan fingerprint density at radius 1 is 1.16 bits per heavy atom. The minimum absolute atomic E-state index is 0.0498. The van der Waals surface area contributed by atoms with Gasteiger partial charge in [0.15, 0.2) is 0 Å². The van der Waals surface area contributed by atoms with E-state index in [1.165, 1.54) is 0 Å². The van der Waals surface area contributed by atoms with Crippen molar-refractivity contribution >= 4 is 12.0 Å². The first-order valence-electron chi connectivity index (χ1n) is 7.00. The summed E-state index contributed by atoms with van der Waals surface area (Å²) in [4.78, 5) is 25.1. The standard InChI is InChI=1S/C14H28N2O3/c1-7-11(6)12(13(17)18)15-14(19)16(10(4)5)8-9(2)3/h9-12H,7-8H2,1-6H3,(H,15,19)(H,17,18). The van der Waals surface area contributed by atoms with E-state index in [2.05, 4.69) is 5.32 Å². The monoisotopic (exact) mass is 272 g/mol. The molecule has 2 unspecified atom stereocenters. The minimum Gasteiger partial charge on any atom is -0.480 e. The van der Waals surface area contributed by atoms with Crippen molar-refractivity contribution in [3.63, 3.8) is 0 Å². The van der Waals surface area contributed by atoms with Crippen LogP contribution in [-0.4, -0.2) is 40.6 Å². The molecular formula is C14H28N2O3. The maximum atomic E-state index is 12.2. The highest BCUT2D eigenvalue weighted by atomic mass is 16.4. The van der Waals surface area contributed by atoms with Gasteiger partial charge in [-0.1, -0.05) is 34.1 Å². The number of nitrogens with one attached hydrogen (secondary N) is 1. The molecule has 0 rings (SSSR count). The highest BCUT2D eigenvalue weighted by Gasteiger charge is 2.28. The molecule has 112 valence electrons. The number of hydrogen-bond acceptors (Lipinski definition) is 2. The van der Waals surface area contributed by atoms with Crippen LogP contribution in [-0.2, 0) is 4.79 Å². The SMILES string of the molecule is CCC(C)C(NC(=O)N(CC(C)C)C(C)C)C(=O)O. The van der Waals surface area contributed by atoms with Crippen LogP contribution in [0.5, 0.6) is 0 Å². The average Bonchev–Trinajstić information content (AvgIpc) is 2.30. The first-order chi connectivity index (χ1) is 8.70. The van der Waals surface area contributed by atoms with Gasteiger partial charge in [0.1, 0.15) is 6.04 Å². The highest BCUT2D eigenvalue weighted by molar-refractivity contribution is 5.82. The summed E-state index contributed by atoms with van der Waals surface area (Å²) in [5.41, 5.74) is 0. The zero-order valence-corrected chi connectivity index (χ0v) is 12.9. The van der Waals surface area contributed by atoms with E-state index in [1.54, 1.807) is 4.90 Å². The maximum absolute atomic E-state index is 12.2. The minimum atomic E-state index is -0.976. The summed E-state index contributed by atoms with van der Waals surface area (Å²) in [7, 11) is 0. The quantitative estimate of drug-likeness (QED) is 0.748. The smallest absolute Gasteiger partial charge is 0.326 e. The van der Waals surface area contributed by atoms with Crippen LogP contribution >= 0.6 is 0 Å². The Morgan fingerprint density at radius 2 is 1.68 bits per heavy atom. The van der Waals surface area contributed by atoms with Gasteiger partial charge < -0.3 is 15.3 Å². The van der Waals surface area contributed by atoms with E-state index in [1.807, 2.05) is 41.5 Å². The average molecular weight is 272 g/mol. The van der Waals surface area contributed by atoms with Gasteiger partial charge in [-0.05, 0) is 25.7 Å².